The number of anilines is 1. The van der Waals surface area contributed by atoms with Gasteiger partial charge in [0.2, 0.25) is 0 Å². The predicted octanol–water partition coefficient (Wildman–Crippen LogP) is 4.70. The number of likely N-dealkylation sites (tertiary alicyclic amines) is 1. The second-order valence-corrected chi connectivity index (χ2v) is 7.25. The Labute approximate surface area is 155 Å². The monoisotopic (exact) mass is 347 g/mol. The van der Waals surface area contributed by atoms with Crippen LogP contribution in [0.4, 0.5) is 10.5 Å². The number of rotatable bonds is 2. The molecule has 0 spiro atoms. The second-order valence-electron chi connectivity index (χ2n) is 7.25. The molecule has 1 aliphatic heterocycles. The summed E-state index contributed by atoms with van der Waals surface area (Å²) in [4.78, 5) is 14.5. The van der Waals surface area contributed by atoms with Crippen molar-refractivity contribution < 1.29 is 4.79 Å². The highest BCUT2D eigenvalue weighted by atomic mass is 16.2. The highest BCUT2D eigenvalue weighted by Gasteiger charge is 2.37. The first-order chi connectivity index (χ1) is 12.4. The standard InChI is InChI=1S/C22H25N3O/c1-16-13-17(2)20(18(3)14-16)24-21(26)25-11-9-22(15-23,10-12-25)19-7-5-4-6-8-19/h4-8,13-14H,9-12H2,1-3H3,(H,24,26). The van der Waals surface area contributed by atoms with Gasteiger partial charge in [0.1, 0.15) is 0 Å². The number of amides is 2. The average molecular weight is 347 g/mol. The van der Waals surface area contributed by atoms with E-state index in [0.29, 0.717) is 25.9 Å². The van der Waals surface area contributed by atoms with Gasteiger partial charge in [-0.05, 0) is 50.3 Å². The van der Waals surface area contributed by atoms with E-state index in [-0.39, 0.29) is 6.03 Å². The Morgan fingerprint density at radius 3 is 2.19 bits per heavy atom. The lowest BCUT2D eigenvalue weighted by atomic mass is 9.74. The van der Waals surface area contributed by atoms with Crippen molar-refractivity contribution in [2.75, 3.05) is 18.4 Å². The third-order valence-corrected chi connectivity index (χ3v) is 5.35. The number of urea groups is 1. The molecular weight excluding hydrogens is 322 g/mol. The molecule has 0 aliphatic carbocycles. The van der Waals surface area contributed by atoms with Gasteiger partial charge in [-0.25, -0.2) is 4.79 Å². The molecule has 1 saturated heterocycles. The molecule has 26 heavy (non-hydrogen) atoms. The van der Waals surface area contributed by atoms with Gasteiger partial charge >= 0.3 is 6.03 Å². The fraction of sp³-hybridized carbons (Fsp3) is 0.364. The summed E-state index contributed by atoms with van der Waals surface area (Å²) in [6.45, 7) is 7.25. The largest absolute Gasteiger partial charge is 0.324 e. The Balaban J connectivity index is 1.70. The van der Waals surface area contributed by atoms with E-state index in [9.17, 15) is 10.1 Å². The first-order valence-electron chi connectivity index (χ1n) is 9.06. The smallest absolute Gasteiger partial charge is 0.321 e. The molecule has 4 heteroatoms. The molecule has 1 fully saturated rings. The number of carbonyl (C=O) groups is 1. The highest BCUT2D eigenvalue weighted by Crippen LogP contribution is 2.35. The van der Waals surface area contributed by atoms with Crippen molar-refractivity contribution >= 4 is 11.7 Å². The topological polar surface area (TPSA) is 56.1 Å². The third kappa shape index (κ3) is 3.43. The molecule has 0 atom stereocenters. The fourth-order valence-corrected chi connectivity index (χ4v) is 3.88. The number of benzene rings is 2. The second kappa shape index (κ2) is 7.21. The summed E-state index contributed by atoms with van der Waals surface area (Å²) in [6.07, 6.45) is 1.32. The lowest BCUT2D eigenvalue weighted by Gasteiger charge is -2.37. The molecule has 1 heterocycles. The number of hydrogen-bond acceptors (Lipinski definition) is 2. The lowest BCUT2D eigenvalue weighted by molar-refractivity contribution is 0.183. The Morgan fingerprint density at radius 1 is 1.08 bits per heavy atom. The number of nitrogens with zero attached hydrogens (tertiary/aromatic N) is 2. The minimum atomic E-state index is -0.492. The molecule has 1 N–H and O–H groups in total. The van der Waals surface area contributed by atoms with Gasteiger partial charge in [0.15, 0.2) is 0 Å². The van der Waals surface area contributed by atoms with Gasteiger partial charge in [-0.15, -0.1) is 0 Å². The van der Waals surface area contributed by atoms with Crippen molar-refractivity contribution in [2.24, 2.45) is 0 Å². The van der Waals surface area contributed by atoms with E-state index in [2.05, 4.69) is 30.4 Å². The number of aryl methyl sites for hydroxylation is 3. The van der Waals surface area contributed by atoms with E-state index in [1.54, 1.807) is 0 Å². The van der Waals surface area contributed by atoms with Crippen molar-refractivity contribution in [3.63, 3.8) is 0 Å². The van der Waals surface area contributed by atoms with Crippen LogP contribution in [-0.2, 0) is 5.41 Å². The molecule has 3 rings (SSSR count). The van der Waals surface area contributed by atoms with Crippen LogP contribution in [0.25, 0.3) is 0 Å². The molecule has 0 aromatic heterocycles. The highest BCUT2D eigenvalue weighted by molar-refractivity contribution is 5.91. The van der Waals surface area contributed by atoms with Crippen LogP contribution in [0.5, 0.6) is 0 Å². The van der Waals surface area contributed by atoms with Gasteiger partial charge in [0.05, 0.1) is 11.5 Å². The molecule has 134 valence electrons. The first-order valence-corrected chi connectivity index (χ1v) is 9.06. The molecule has 2 aromatic carbocycles. The van der Waals surface area contributed by atoms with Crippen molar-refractivity contribution in [3.8, 4) is 6.07 Å². The maximum absolute atomic E-state index is 12.7. The van der Waals surface area contributed by atoms with Crippen LogP contribution in [-0.4, -0.2) is 24.0 Å². The van der Waals surface area contributed by atoms with Gasteiger partial charge in [0, 0.05) is 18.8 Å². The van der Waals surface area contributed by atoms with Crippen LogP contribution in [0.3, 0.4) is 0 Å². The van der Waals surface area contributed by atoms with Crippen LogP contribution in [0.1, 0.15) is 35.1 Å². The van der Waals surface area contributed by atoms with Gasteiger partial charge < -0.3 is 10.2 Å². The predicted molar refractivity (Wildman–Crippen MR) is 104 cm³/mol. The Morgan fingerprint density at radius 2 is 1.65 bits per heavy atom. The van der Waals surface area contributed by atoms with Gasteiger partial charge in [-0.3, -0.25) is 0 Å². The number of nitriles is 1. The minimum Gasteiger partial charge on any atom is -0.324 e. The summed E-state index contributed by atoms with van der Waals surface area (Å²) in [5, 5.41) is 12.8. The van der Waals surface area contributed by atoms with Crippen LogP contribution in [0.2, 0.25) is 0 Å². The zero-order valence-electron chi connectivity index (χ0n) is 15.7. The first kappa shape index (κ1) is 18.0. The summed E-state index contributed by atoms with van der Waals surface area (Å²) in [7, 11) is 0. The number of nitrogens with one attached hydrogen (secondary N) is 1. The summed E-state index contributed by atoms with van der Waals surface area (Å²) in [5.41, 5.74) is 4.78. The van der Waals surface area contributed by atoms with Crippen molar-refractivity contribution in [3.05, 3.63) is 64.7 Å². The van der Waals surface area contributed by atoms with Crippen molar-refractivity contribution in [2.45, 2.75) is 39.0 Å². The minimum absolute atomic E-state index is 0.0837. The summed E-state index contributed by atoms with van der Waals surface area (Å²) in [5.74, 6) is 0. The number of hydrogen-bond donors (Lipinski definition) is 1. The molecule has 4 nitrogen and oxygen atoms in total. The van der Waals surface area contributed by atoms with Gasteiger partial charge in [-0.2, -0.15) is 5.26 Å². The maximum Gasteiger partial charge on any atom is 0.321 e. The maximum atomic E-state index is 12.7. The van der Waals surface area contributed by atoms with E-state index in [1.165, 1.54) is 5.56 Å². The SMILES string of the molecule is Cc1cc(C)c(NC(=O)N2CCC(C#N)(c3ccccc3)CC2)c(C)c1. The van der Waals surface area contributed by atoms with Crippen LogP contribution in [0, 0.1) is 32.1 Å². The molecule has 1 aliphatic rings. The molecule has 0 saturated carbocycles. The van der Waals surface area contributed by atoms with E-state index in [0.717, 1.165) is 22.4 Å². The number of carbonyl (C=O) groups excluding carboxylic acids is 1. The van der Waals surface area contributed by atoms with E-state index in [1.807, 2.05) is 49.1 Å². The Bertz CT molecular complexity index is 820. The quantitative estimate of drug-likeness (QED) is 0.856. The normalized spacial score (nSPS) is 16.0. The van der Waals surface area contributed by atoms with Crippen LogP contribution >= 0.6 is 0 Å². The molecule has 2 amide bonds. The molecular formula is C22H25N3O. The molecule has 0 radical (unpaired) electrons. The summed E-state index contributed by atoms with van der Waals surface area (Å²) in [6, 6.07) is 16.5. The van der Waals surface area contributed by atoms with E-state index < -0.39 is 5.41 Å². The van der Waals surface area contributed by atoms with Crippen molar-refractivity contribution in [1.82, 2.24) is 4.90 Å². The molecule has 2 aromatic rings. The molecule has 0 bridgehead atoms. The van der Waals surface area contributed by atoms with Crippen molar-refractivity contribution in [1.29, 1.82) is 5.26 Å². The van der Waals surface area contributed by atoms with E-state index >= 15 is 0 Å². The number of piperidine rings is 1. The zero-order valence-corrected chi connectivity index (χ0v) is 15.7. The third-order valence-electron chi connectivity index (χ3n) is 5.35. The van der Waals surface area contributed by atoms with Gasteiger partial charge in [-0.1, -0.05) is 48.0 Å². The zero-order chi connectivity index (χ0) is 18.7. The fourth-order valence-electron chi connectivity index (χ4n) is 3.88. The Hall–Kier alpha value is -2.80. The molecule has 0 unspecified atom stereocenters. The lowest BCUT2D eigenvalue weighted by Crippen LogP contribution is -2.46. The van der Waals surface area contributed by atoms with E-state index in [4.69, 9.17) is 0 Å². The Kier molecular flexibility index (Phi) is 4.99. The van der Waals surface area contributed by atoms with Gasteiger partial charge in [0.25, 0.3) is 0 Å². The average Bonchev–Trinajstić information content (AvgIpc) is 2.65. The summed E-state index contributed by atoms with van der Waals surface area (Å²) < 4.78 is 0. The summed E-state index contributed by atoms with van der Waals surface area (Å²) >= 11 is 0. The van der Waals surface area contributed by atoms with Crippen LogP contribution < -0.4 is 5.32 Å². The van der Waals surface area contributed by atoms with Crippen LogP contribution in [0.15, 0.2) is 42.5 Å².